The Morgan fingerprint density at radius 3 is 2.67 bits per heavy atom. The average Bonchev–Trinajstić information content (AvgIpc) is 2.84. The van der Waals surface area contributed by atoms with Crippen LogP contribution >= 0.6 is 11.8 Å². The van der Waals surface area contributed by atoms with Gasteiger partial charge in [0, 0.05) is 19.3 Å². The molecule has 2 rings (SSSR count). The highest BCUT2D eigenvalue weighted by atomic mass is 32.2. The lowest BCUT2D eigenvalue weighted by molar-refractivity contribution is 0.109. The molecular formula is C15H24N4OS. The molecule has 0 bridgehead atoms. The highest BCUT2D eigenvalue weighted by Gasteiger charge is 2.20. The summed E-state index contributed by atoms with van der Waals surface area (Å²) in [6.07, 6.45) is 3.16. The van der Waals surface area contributed by atoms with Crippen LogP contribution in [0.25, 0.3) is 11.0 Å². The molecule has 0 fully saturated rings. The zero-order chi connectivity index (χ0) is 15.6. The topological polar surface area (TPSA) is 66.0 Å². The summed E-state index contributed by atoms with van der Waals surface area (Å²) in [6.45, 7) is 7.00. The van der Waals surface area contributed by atoms with Crippen molar-refractivity contribution in [3.8, 4) is 0 Å². The summed E-state index contributed by atoms with van der Waals surface area (Å²) in [6, 6.07) is 0. The second-order valence-corrected chi connectivity index (χ2v) is 6.24. The fourth-order valence-corrected chi connectivity index (χ4v) is 2.94. The number of aryl methyl sites for hydroxylation is 3. The zero-order valence-electron chi connectivity index (χ0n) is 13.4. The van der Waals surface area contributed by atoms with Gasteiger partial charge in [0.05, 0.1) is 5.52 Å². The van der Waals surface area contributed by atoms with E-state index in [1.807, 2.05) is 25.6 Å². The number of nitrogen functional groups attached to an aromatic ring is 1. The Morgan fingerprint density at radius 1 is 1.33 bits per heavy atom. The number of methoxy groups -OCH3 is 1. The minimum atomic E-state index is -0.0641. The van der Waals surface area contributed by atoms with Crippen molar-refractivity contribution in [1.82, 2.24) is 14.5 Å². The van der Waals surface area contributed by atoms with Crippen molar-refractivity contribution in [2.45, 2.75) is 39.8 Å². The van der Waals surface area contributed by atoms with Gasteiger partial charge >= 0.3 is 0 Å². The van der Waals surface area contributed by atoms with Gasteiger partial charge in [-0.25, -0.2) is 9.97 Å². The van der Waals surface area contributed by atoms with Gasteiger partial charge in [-0.2, -0.15) is 11.8 Å². The van der Waals surface area contributed by atoms with Crippen LogP contribution in [0.5, 0.6) is 0 Å². The Labute approximate surface area is 130 Å². The van der Waals surface area contributed by atoms with Gasteiger partial charge in [0.15, 0.2) is 5.82 Å². The number of ether oxygens (including phenoxy) is 1. The molecule has 2 heterocycles. The normalized spacial score (nSPS) is 13.0. The average molecular weight is 308 g/mol. The fourth-order valence-electron chi connectivity index (χ4n) is 2.53. The third-order valence-electron chi connectivity index (χ3n) is 3.87. The first-order chi connectivity index (χ1) is 10.0. The smallest absolute Gasteiger partial charge is 0.151 e. The van der Waals surface area contributed by atoms with E-state index in [1.165, 1.54) is 0 Å². The molecular weight excluding hydrogens is 284 g/mol. The van der Waals surface area contributed by atoms with E-state index in [0.717, 1.165) is 46.8 Å². The highest BCUT2D eigenvalue weighted by Crippen LogP contribution is 2.29. The van der Waals surface area contributed by atoms with E-state index < -0.39 is 0 Å². The summed E-state index contributed by atoms with van der Waals surface area (Å²) in [5, 5.41) is 0. The molecule has 2 N–H and O–H groups in total. The van der Waals surface area contributed by atoms with E-state index in [4.69, 9.17) is 15.5 Å². The number of nitrogens with zero attached hydrogens (tertiary/aromatic N) is 3. The van der Waals surface area contributed by atoms with Crippen LogP contribution in [0.2, 0.25) is 0 Å². The first-order valence-corrected chi connectivity index (χ1v) is 8.55. The minimum absolute atomic E-state index is 0.0641. The summed E-state index contributed by atoms with van der Waals surface area (Å²) >= 11 is 1.86. The van der Waals surface area contributed by atoms with Gasteiger partial charge in [0.2, 0.25) is 0 Å². The molecule has 0 aliphatic carbocycles. The predicted octanol–water partition coefficient (Wildman–Crippen LogP) is 3.09. The molecule has 21 heavy (non-hydrogen) atoms. The van der Waals surface area contributed by atoms with Gasteiger partial charge in [-0.1, -0.05) is 0 Å². The first kappa shape index (κ1) is 16.1. The number of nitrogens with two attached hydrogens (primary N) is 1. The van der Waals surface area contributed by atoms with Crippen LogP contribution in [0, 0.1) is 13.8 Å². The van der Waals surface area contributed by atoms with E-state index in [1.54, 1.807) is 7.11 Å². The number of fused-ring (bicyclic) bond motifs is 1. The lowest BCUT2D eigenvalue weighted by Gasteiger charge is -2.14. The van der Waals surface area contributed by atoms with Gasteiger partial charge in [0.1, 0.15) is 17.4 Å². The summed E-state index contributed by atoms with van der Waals surface area (Å²) in [7, 11) is 1.70. The van der Waals surface area contributed by atoms with Crippen molar-refractivity contribution in [1.29, 1.82) is 0 Å². The first-order valence-electron chi connectivity index (χ1n) is 7.15. The lowest BCUT2D eigenvalue weighted by atomic mass is 10.2. The molecule has 0 saturated heterocycles. The number of imidazole rings is 1. The van der Waals surface area contributed by atoms with Gasteiger partial charge in [-0.05, 0) is 44.8 Å². The maximum Gasteiger partial charge on any atom is 0.151 e. The number of thioether (sulfide) groups is 1. The number of aromatic nitrogens is 3. The third kappa shape index (κ3) is 3.01. The van der Waals surface area contributed by atoms with Crippen molar-refractivity contribution < 1.29 is 4.74 Å². The van der Waals surface area contributed by atoms with Gasteiger partial charge in [-0.15, -0.1) is 0 Å². The van der Waals surface area contributed by atoms with E-state index in [2.05, 4.69) is 22.7 Å². The van der Waals surface area contributed by atoms with E-state index in [0.29, 0.717) is 5.82 Å². The van der Waals surface area contributed by atoms with Gasteiger partial charge < -0.3 is 15.0 Å². The van der Waals surface area contributed by atoms with E-state index >= 15 is 0 Å². The van der Waals surface area contributed by atoms with E-state index in [9.17, 15) is 0 Å². The fraction of sp³-hybridized carbons (Fsp3) is 0.600. The highest BCUT2D eigenvalue weighted by molar-refractivity contribution is 7.98. The molecule has 0 spiro atoms. The largest absolute Gasteiger partial charge is 0.382 e. The molecule has 0 radical (unpaired) electrons. The van der Waals surface area contributed by atoms with Crippen molar-refractivity contribution >= 4 is 28.6 Å². The van der Waals surface area contributed by atoms with Crippen molar-refractivity contribution in [3.63, 3.8) is 0 Å². The molecule has 0 amide bonds. The maximum atomic E-state index is 6.07. The molecule has 0 aromatic carbocycles. The predicted molar refractivity (Wildman–Crippen MR) is 89.8 cm³/mol. The number of pyridine rings is 1. The van der Waals surface area contributed by atoms with Crippen LogP contribution in [0.15, 0.2) is 0 Å². The van der Waals surface area contributed by atoms with Crippen molar-refractivity contribution in [2.75, 3.05) is 24.9 Å². The quantitative estimate of drug-likeness (QED) is 0.831. The molecule has 0 aliphatic rings. The second-order valence-electron chi connectivity index (χ2n) is 5.25. The van der Waals surface area contributed by atoms with Gasteiger partial charge in [0.25, 0.3) is 0 Å². The number of anilines is 1. The number of hydrogen-bond donors (Lipinski definition) is 1. The molecule has 2 aromatic rings. The van der Waals surface area contributed by atoms with Crippen molar-refractivity contribution in [3.05, 3.63) is 17.1 Å². The SMILES string of the molecule is COC(C)c1nc2c(N)nc(C)c(C)c2n1CCCSC. The number of hydrogen-bond acceptors (Lipinski definition) is 5. The van der Waals surface area contributed by atoms with Crippen LogP contribution in [-0.2, 0) is 11.3 Å². The van der Waals surface area contributed by atoms with Crippen LogP contribution in [0.3, 0.4) is 0 Å². The lowest BCUT2D eigenvalue weighted by Crippen LogP contribution is -2.10. The summed E-state index contributed by atoms with van der Waals surface area (Å²) < 4.78 is 7.72. The molecule has 0 aliphatic heterocycles. The van der Waals surface area contributed by atoms with Crippen LogP contribution in [0.1, 0.15) is 36.5 Å². The van der Waals surface area contributed by atoms with Crippen LogP contribution < -0.4 is 5.73 Å². The van der Waals surface area contributed by atoms with Crippen LogP contribution in [-0.4, -0.2) is 33.7 Å². The Balaban J connectivity index is 2.63. The Kier molecular flexibility index (Phi) is 5.11. The number of rotatable bonds is 6. The molecule has 1 atom stereocenters. The zero-order valence-corrected chi connectivity index (χ0v) is 14.3. The third-order valence-corrected chi connectivity index (χ3v) is 4.57. The Hall–Kier alpha value is -1.27. The molecule has 1 unspecified atom stereocenters. The molecule has 116 valence electrons. The monoisotopic (exact) mass is 308 g/mol. The summed E-state index contributed by atoms with van der Waals surface area (Å²) in [5.41, 5.74) is 10.1. The molecule has 5 nitrogen and oxygen atoms in total. The second kappa shape index (κ2) is 6.66. The molecule has 2 aromatic heterocycles. The Bertz CT molecular complexity index is 638. The molecule has 6 heteroatoms. The van der Waals surface area contributed by atoms with Crippen LogP contribution in [0.4, 0.5) is 5.82 Å². The summed E-state index contributed by atoms with van der Waals surface area (Å²) in [5.74, 6) is 2.55. The van der Waals surface area contributed by atoms with Crippen molar-refractivity contribution in [2.24, 2.45) is 0 Å². The minimum Gasteiger partial charge on any atom is -0.382 e. The summed E-state index contributed by atoms with van der Waals surface area (Å²) in [4.78, 5) is 9.10. The molecule has 0 saturated carbocycles. The maximum absolute atomic E-state index is 6.07. The van der Waals surface area contributed by atoms with E-state index in [-0.39, 0.29) is 6.10 Å². The standard InChI is InChI=1S/C15H24N4OS/c1-9-10(2)17-14(16)12-13(9)19(7-6-8-21-5)15(18-12)11(3)20-4/h11H,6-8H2,1-5H3,(H2,16,17). The Morgan fingerprint density at radius 2 is 2.05 bits per heavy atom. The van der Waals surface area contributed by atoms with Gasteiger partial charge in [-0.3, -0.25) is 0 Å².